The number of halogens is 1. The second kappa shape index (κ2) is 10.00. The van der Waals surface area contributed by atoms with Crippen molar-refractivity contribution in [2.24, 2.45) is 0 Å². The number of rotatable bonds is 9. The Labute approximate surface area is 182 Å². The third kappa shape index (κ3) is 5.43. The first-order valence-corrected chi connectivity index (χ1v) is 9.83. The van der Waals surface area contributed by atoms with Gasteiger partial charge in [0.05, 0.1) is 12.7 Å². The molecule has 0 bridgehead atoms. The lowest BCUT2D eigenvalue weighted by molar-refractivity contribution is -0.131. The van der Waals surface area contributed by atoms with Crippen LogP contribution in [0.25, 0.3) is 17.5 Å². The fourth-order valence-corrected chi connectivity index (χ4v) is 3.28. The summed E-state index contributed by atoms with van der Waals surface area (Å²) in [4.78, 5) is 11.7. The zero-order chi connectivity index (χ0) is 21.5. The molecule has 0 radical (unpaired) electrons. The molecule has 3 aromatic rings. The van der Waals surface area contributed by atoms with Gasteiger partial charge in [-0.1, -0.05) is 36.4 Å². The van der Waals surface area contributed by atoms with Crippen molar-refractivity contribution in [2.45, 2.75) is 5.22 Å². The van der Waals surface area contributed by atoms with E-state index in [0.29, 0.717) is 34.3 Å². The average molecular weight is 445 g/mol. The van der Waals surface area contributed by atoms with Crippen molar-refractivity contribution in [1.82, 2.24) is 10.2 Å². The summed E-state index contributed by atoms with van der Waals surface area (Å²) in [5.41, 5.74) is 1.16. The van der Waals surface area contributed by atoms with Crippen molar-refractivity contribution in [3.63, 3.8) is 0 Å². The summed E-state index contributed by atoms with van der Waals surface area (Å²) in [7, 11) is 1.51. The predicted molar refractivity (Wildman–Crippen MR) is 115 cm³/mol. The Bertz CT molecular complexity index is 1100. The number of aliphatic carboxylic acids is 1. The van der Waals surface area contributed by atoms with Gasteiger partial charge in [0.15, 0.2) is 0 Å². The van der Waals surface area contributed by atoms with Crippen LogP contribution in [0.3, 0.4) is 0 Å². The van der Waals surface area contributed by atoms with E-state index >= 15 is 0 Å². The molecule has 9 heteroatoms. The molecule has 0 saturated heterocycles. The van der Waals surface area contributed by atoms with Crippen LogP contribution in [-0.2, 0) is 4.79 Å². The van der Waals surface area contributed by atoms with Gasteiger partial charge in [-0.25, -0.2) is 4.79 Å². The highest BCUT2D eigenvalue weighted by molar-refractivity contribution is 8.03. The minimum Gasteiger partial charge on any atom is -0.496 e. The number of carboxylic acid groups (broad SMARTS) is 1. The number of aromatic nitrogens is 2. The minimum atomic E-state index is -1.13. The van der Waals surface area contributed by atoms with E-state index in [1.165, 1.54) is 13.2 Å². The number of carboxylic acids is 1. The van der Waals surface area contributed by atoms with E-state index in [9.17, 15) is 9.90 Å². The molecule has 0 atom stereocenters. The zero-order valence-corrected chi connectivity index (χ0v) is 17.4. The van der Waals surface area contributed by atoms with Gasteiger partial charge in [-0.2, -0.15) is 0 Å². The molecule has 3 rings (SSSR count). The maximum Gasteiger partial charge on any atom is 0.342 e. The number of ether oxygens (including phenoxy) is 2. The van der Waals surface area contributed by atoms with Crippen LogP contribution in [0.2, 0.25) is 5.02 Å². The van der Waals surface area contributed by atoms with E-state index in [2.05, 4.69) is 16.8 Å². The largest absolute Gasteiger partial charge is 0.496 e. The van der Waals surface area contributed by atoms with Gasteiger partial charge in [-0.15, -0.1) is 10.2 Å². The molecule has 0 aliphatic carbocycles. The Balaban J connectivity index is 1.85. The van der Waals surface area contributed by atoms with Gasteiger partial charge in [0.1, 0.15) is 23.0 Å². The molecule has 0 amide bonds. The third-order valence-corrected chi connectivity index (χ3v) is 4.82. The van der Waals surface area contributed by atoms with Crippen molar-refractivity contribution >= 4 is 35.4 Å². The normalized spacial score (nSPS) is 11.2. The molecule has 0 spiro atoms. The van der Waals surface area contributed by atoms with Crippen LogP contribution in [0.15, 0.2) is 69.7 Å². The monoisotopic (exact) mass is 444 g/mol. The summed E-state index contributed by atoms with van der Waals surface area (Å²) in [5.74, 6) is 0.148. The van der Waals surface area contributed by atoms with Crippen LogP contribution in [0, 0.1) is 0 Å². The Kier molecular flexibility index (Phi) is 7.16. The van der Waals surface area contributed by atoms with Gasteiger partial charge in [0.2, 0.25) is 0 Å². The Morgan fingerprint density at radius 3 is 2.87 bits per heavy atom. The molecule has 154 valence electrons. The zero-order valence-electron chi connectivity index (χ0n) is 15.9. The highest BCUT2D eigenvalue weighted by Crippen LogP contribution is 2.35. The van der Waals surface area contributed by atoms with Crippen molar-refractivity contribution in [2.75, 3.05) is 13.7 Å². The van der Waals surface area contributed by atoms with E-state index in [-0.39, 0.29) is 16.0 Å². The lowest BCUT2D eigenvalue weighted by Crippen LogP contribution is -1.97. The van der Waals surface area contributed by atoms with Crippen LogP contribution in [-0.4, -0.2) is 35.0 Å². The molecule has 30 heavy (non-hydrogen) atoms. The Morgan fingerprint density at radius 2 is 2.13 bits per heavy atom. The van der Waals surface area contributed by atoms with Gasteiger partial charge >= 0.3 is 5.97 Å². The number of benzene rings is 2. The molecular formula is C21H17ClN2O5S. The summed E-state index contributed by atoms with van der Waals surface area (Å²) in [6.07, 6.45) is 3.13. The van der Waals surface area contributed by atoms with Crippen LogP contribution in [0.1, 0.15) is 5.56 Å². The first-order chi connectivity index (χ1) is 14.5. The fraction of sp³-hybridized carbons (Fsp3) is 0.0952. The van der Waals surface area contributed by atoms with Crippen molar-refractivity contribution in [3.8, 4) is 23.0 Å². The van der Waals surface area contributed by atoms with E-state index in [0.717, 1.165) is 11.8 Å². The second-order valence-corrected chi connectivity index (χ2v) is 7.24. The maximum absolute atomic E-state index is 11.7. The quantitative estimate of drug-likeness (QED) is 0.274. The molecule has 0 unspecified atom stereocenters. The number of carbonyl (C=O) groups is 1. The number of methoxy groups -OCH3 is 1. The highest BCUT2D eigenvalue weighted by atomic mass is 35.5. The molecule has 0 aliphatic heterocycles. The van der Waals surface area contributed by atoms with E-state index in [4.69, 9.17) is 25.5 Å². The molecule has 1 aromatic heterocycles. The highest BCUT2D eigenvalue weighted by Gasteiger charge is 2.18. The van der Waals surface area contributed by atoms with Crippen LogP contribution >= 0.6 is 23.4 Å². The van der Waals surface area contributed by atoms with Gasteiger partial charge in [0, 0.05) is 5.02 Å². The van der Waals surface area contributed by atoms with Gasteiger partial charge in [-0.3, -0.25) is 0 Å². The summed E-state index contributed by atoms with van der Waals surface area (Å²) in [5, 5.41) is 18.0. The summed E-state index contributed by atoms with van der Waals surface area (Å²) >= 11 is 6.88. The molecule has 1 N–H and O–H groups in total. The van der Waals surface area contributed by atoms with Crippen molar-refractivity contribution < 1.29 is 23.8 Å². The molecule has 7 nitrogen and oxygen atoms in total. The van der Waals surface area contributed by atoms with Crippen LogP contribution in [0.4, 0.5) is 0 Å². The maximum atomic E-state index is 11.7. The Hall–Kier alpha value is -3.23. The predicted octanol–water partition coefficient (Wildman–Crippen LogP) is 5.18. The standard InChI is InChI=1S/C21H17ClN2O5S/c1-3-9-28-15-6-4-5-13(10-15)11-18(20(25)26)30-21-24-23-19(29-21)16-12-14(22)7-8-17(16)27-2/h3-8,10-12H,1,9H2,2H3,(H,25,26)/b18-11-. The summed E-state index contributed by atoms with van der Waals surface area (Å²) < 4.78 is 16.4. The first kappa shape index (κ1) is 21.5. The molecule has 0 fully saturated rings. The molecule has 2 aromatic carbocycles. The van der Waals surface area contributed by atoms with E-state index in [1.807, 2.05) is 0 Å². The van der Waals surface area contributed by atoms with Crippen LogP contribution in [0.5, 0.6) is 11.5 Å². The average Bonchev–Trinajstić information content (AvgIpc) is 3.20. The number of hydrogen-bond donors (Lipinski definition) is 1. The molecule has 0 aliphatic rings. The third-order valence-electron chi connectivity index (χ3n) is 3.73. The lowest BCUT2D eigenvalue weighted by atomic mass is 10.2. The number of thioether (sulfide) groups is 1. The summed E-state index contributed by atoms with van der Waals surface area (Å²) in [6.45, 7) is 3.95. The van der Waals surface area contributed by atoms with Gasteiger partial charge in [-0.05, 0) is 53.7 Å². The van der Waals surface area contributed by atoms with Crippen molar-refractivity contribution in [1.29, 1.82) is 0 Å². The van der Waals surface area contributed by atoms with E-state index < -0.39 is 5.97 Å². The topological polar surface area (TPSA) is 94.7 Å². The second-order valence-electron chi connectivity index (χ2n) is 5.81. The first-order valence-electron chi connectivity index (χ1n) is 8.64. The number of hydrogen-bond acceptors (Lipinski definition) is 7. The summed E-state index contributed by atoms with van der Waals surface area (Å²) in [6, 6.07) is 12.0. The molecule has 0 saturated carbocycles. The van der Waals surface area contributed by atoms with E-state index in [1.54, 1.807) is 48.5 Å². The Morgan fingerprint density at radius 1 is 1.30 bits per heavy atom. The lowest BCUT2D eigenvalue weighted by Gasteiger charge is -2.05. The van der Waals surface area contributed by atoms with Crippen molar-refractivity contribution in [3.05, 3.63) is 70.6 Å². The fourth-order valence-electron chi connectivity index (χ4n) is 2.44. The van der Waals surface area contributed by atoms with Crippen LogP contribution < -0.4 is 9.47 Å². The molecular weight excluding hydrogens is 428 g/mol. The van der Waals surface area contributed by atoms with Gasteiger partial charge in [0.25, 0.3) is 11.1 Å². The number of nitrogens with zero attached hydrogens (tertiary/aromatic N) is 2. The smallest absolute Gasteiger partial charge is 0.342 e. The SMILES string of the molecule is C=CCOc1cccc(/C=C(\Sc2nnc(-c3cc(Cl)ccc3OC)o2)C(=O)O)c1. The molecule has 1 heterocycles. The minimum absolute atomic E-state index is 0.00382. The van der Waals surface area contributed by atoms with Gasteiger partial charge < -0.3 is 19.0 Å².